The lowest BCUT2D eigenvalue weighted by Gasteiger charge is -2.50. The third-order valence-electron chi connectivity index (χ3n) is 10.8. The molecule has 4 unspecified atom stereocenters. The van der Waals surface area contributed by atoms with E-state index in [9.17, 15) is 4.21 Å². The highest BCUT2D eigenvalue weighted by Crippen LogP contribution is 2.52. The van der Waals surface area contributed by atoms with Crippen LogP contribution in [0.4, 0.5) is 22.7 Å². The van der Waals surface area contributed by atoms with Crippen LogP contribution in [0.5, 0.6) is 0 Å². The van der Waals surface area contributed by atoms with Crippen molar-refractivity contribution in [2.45, 2.75) is 60.4 Å². The van der Waals surface area contributed by atoms with E-state index in [1.165, 1.54) is 22.5 Å². The minimum absolute atomic E-state index is 0.0178. The highest BCUT2D eigenvalue weighted by atomic mass is 32.2. The molecule has 0 N–H and O–H groups in total. The maximum Gasteiger partial charge on any atom is 0.0849 e. The van der Waals surface area contributed by atoms with Gasteiger partial charge in [0, 0.05) is 55.2 Å². The molecule has 4 atom stereocenters. The molecule has 4 aromatic carbocycles. The van der Waals surface area contributed by atoms with E-state index in [1.54, 1.807) is 0 Å². The summed E-state index contributed by atoms with van der Waals surface area (Å²) < 4.78 is 13.9. The van der Waals surface area contributed by atoms with Crippen LogP contribution in [0.2, 0.25) is 0 Å². The number of nitrogens with zero attached hydrogens (tertiary/aromatic N) is 2. The van der Waals surface area contributed by atoms with Crippen molar-refractivity contribution < 1.29 is 4.21 Å². The van der Waals surface area contributed by atoms with Gasteiger partial charge in [-0.1, -0.05) is 113 Å². The predicted octanol–water partition coefficient (Wildman–Crippen LogP) is 9.93. The van der Waals surface area contributed by atoms with E-state index < -0.39 is 10.8 Å². The number of benzene rings is 4. The molecule has 0 spiro atoms. The first-order valence-electron chi connectivity index (χ1n) is 16.4. The van der Waals surface area contributed by atoms with Crippen molar-refractivity contribution in [3.8, 4) is 0 Å². The van der Waals surface area contributed by atoms with Gasteiger partial charge in [0.2, 0.25) is 0 Å². The Labute approximate surface area is 275 Å². The Balaban J connectivity index is 1.09. The van der Waals surface area contributed by atoms with Crippen LogP contribution in [0, 0.1) is 11.8 Å². The molecular formula is C42H40N2OS. The summed E-state index contributed by atoms with van der Waals surface area (Å²) in [5.74, 6) is 0.709. The SMILES string of the molecule is CC1(C)c2ccccc2N(c2ccc(S(=O)c3ccc(N4c5ccccc5C(C)(C)C5C=CC=CC54)cc3)cc2)C2C=CC=CC21. The summed E-state index contributed by atoms with van der Waals surface area (Å²) >= 11 is 0. The van der Waals surface area contributed by atoms with E-state index in [0.29, 0.717) is 11.8 Å². The molecule has 0 amide bonds. The van der Waals surface area contributed by atoms with Crippen molar-refractivity contribution in [1.82, 2.24) is 0 Å². The fourth-order valence-corrected chi connectivity index (χ4v) is 9.41. The Kier molecular flexibility index (Phi) is 6.84. The minimum atomic E-state index is -1.29. The van der Waals surface area contributed by atoms with Crippen LogP contribution in [0.15, 0.2) is 155 Å². The molecule has 0 fully saturated rings. The van der Waals surface area contributed by atoms with Gasteiger partial charge in [-0.05, 0) is 71.8 Å². The number of para-hydroxylation sites is 2. The highest BCUT2D eigenvalue weighted by molar-refractivity contribution is 7.85. The van der Waals surface area contributed by atoms with E-state index in [0.717, 1.165) is 21.2 Å². The van der Waals surface area contributed by atoms with Gasteiger partial charge in [-0.25, -0.2) is 4.21 Å². The second-order valence-corrected chi connectivity index (χ2v) is 15.5. The number of anilines is 4. The van der Waals surface area contributed by atoms with Crippen molar-refractivity contribution >= 4 is 33.5 Å². The fourth-order valence-electron chi connectivity index (χ4n) is 8.38. The van der Waals surface area contributed by atoms with E-state index in [1.807, 2.05) is 24.3 Å². The molecule has 0 saturated carbocycles. The second kappa shape index (κ2) is 10.8. The Bertz CT molecular complexity index is 1810. The van der Waals surface area contributed by atoms with Crippen molar-refractivity contribution in [3.05, 3.63) is 157 Å². The normalized spacial score (nSPS) is 25.3. The molecule has 3 nitrogen and oxygen atoms in total. The van der Waals surface area contributed by atoms with Crippen LogP contribution in [-0.2, 0) is 21.6 Å². The Morgan fingerprint density at radius 2 is 0.870 bits per heavy atom. The Morgan fingerprint density at radius 1 is 0.500 bits per heavy atom. The standard InChI is InChI=1S/C42H40N2OS/c1-41(2)33-13-5-9-17-37(33)43(38-18-10-6-14-34(38)41)29-21-25-31(26-22-29)46(45)32-27-23-30(24-28-32)44-39-19-11-7-15-35(39)42(3,4)36-16-8-12-20-40(36)44/h5-28,33,35,37,39H,1-4H3. The molecule has 0 aromatic heterocycles. The van der Waals surface area contributed by atoms with Crippen molar-refractivity contribution in [2.24, 2.45) is 11.8 Å². The van der Waals surface area contributed by atoms with E-state index in [-0.39, 0.29) is 22.9 Å². The molecule has 2 heterocycles. The van der Waals surface area contributed by atoms with Gasteiger partial charge in [-0.3, -0.25) is 0 Å². The zero-order valence-electron chi connectivity index (χ0n) is 26.9. The second-order valence-electron chi connectivity index (χ2n) is 14.0. The van der Waals surface area contributed by atoms with Crippen molar-refractivity contribution in [1.29, 1.82) is 0 Å². The average Bonchev–Trinajstić information content (AvgIpc) is 3.09. The van der Waals surface area contributed by atoms with Crippen LogP contribution in [0.25, 0.3) is 0 Å². The van der Waals surface area contributed by atoms with Gasteiger partial charge in [0.15, 0.2) is 0 Å². The largest absolute Gasteiger partial charge is 0.334 e. The zero-order valence-corrected chi connectivity index (χ0v) is 27.7. The molecule has 0 bridgehead atoms. The van der Waals surface area contributed by atoms with Crippen LogP contribution >= 0.6 is 0 Å². The van der Waals surface area contributed by atoms with E-state index in [2.05, 4.69) is 159 Å². The third-order valence-corrected chi connectivity index (χ3v) is 12.2. The quantitative estimate of drug-likeness (QED) is 0.227. The monoisotopic (exact) mass is 620 g/mol. The molecule has 0 radical (unpaired) electrons. The average molecular weight is 621 g/mol. The summed E-state index contributed by atoms with van der Waals surface area (Å²) in [5.41, 5.74) is 7.46. The number of hydrogen-bond acceptors (Lipinski definition) is 3. The Morgan fingerprint density at radius 3 is 1.28 bits per heavy atom. The molecule has 4 aliphatic rings. The van der Waals surface area contributed by atoms with E-state index in [4.69, 9.17) is 0 Å². The van der Waals surface area contributed by atoms with Crippen LogP contribution in [0.1, 0.15) is 38.8 Å². The van der Waals surface area contributed by atoms with Gasteiger partial charge in [-0.15, -0.1) is 0 Å². The van der Waals surface area contributed by atoms with Crippen LogP contribution in [-0.4, -0.2) is 16.3 Å². The number of allylic oxidation sites excluding steroid dienone is 4. The molecule has 0 saturated heterocycles. The minimum Gasteiger partial charge on any atom is -0.334 e. The highest BCUT2D eigenvalue weighted by Gasteiger charge is 2.46. The molecule has 230 valence electrons. The zero-order chi connectivity index (χ0) is 31.6. The van der Waals surface area contributed by atoms with Crippen molar-refractivity contribution in [2.75, 3.05) is 9.80 Å². The molecule has 4 aromatic rings. The summed E-state index contributed by atoms with van der Waals surface area (Å²) in [5, 5.41) is 0. The lowest BCUT2D eigenvalue weighted by molar-refractivity contribution is 0.332. The molecule has 8 rings (SSSR count). The molecule has 46 heavy (non-hydrogen) atoms. The molecule has 4 heteroatoms. The topological polar surface area (TPSA) is 23.6 Å². The molecular weight excluding hydrogens is 581 g/mol. The number of fused-ring (bicyclic) bond motifs is 4. The van der Waals surface area contributed by atoms with Gasteiger partial charge in [-0.2, -0.15) is 0 Å². The summed E-state index contributed by atoms with van der Waals surface area (Å²) in [4.78, 5) is 6.52. The summed E-state index contributed by atoms with van der Waals surface area (Å²) in [7, 11) is -1.29. The van der Waals surface area contributed by atoms with Gasteiger partial charge >= 0.3 is 0 Å². The lowest BCUT2D eigenvalue weighted by Crippen LogP contribution is -2.49. The third kappa shape index (κ3) is 4.41. The molecule has 2 aliphatic carbocycles. The number of rotatable bonds is 4. The molecule has 2 aliphatic heterocycles. The van der Waals surface area contributed by atoms with Crippen LogP contribution < -0.4 is 9.80 Å². The Hall–Kier alpha value is -4.41. The summed E-state index contributed by atoms with van der Waals surface area (Å²) in [6.07, 6.45) is 18.0. The maximum absolute atomic E-state index is 13.9. The van der Waals surface area contributed by atoms with Gasteiger partial charge in [0.05, 0.1) is 22.9 Å². The lowest BCUT2D eigenvalue weighted by atomic mass is 9.65. The maximum atomic E-state index is 13.9. The first kappa shape index (κ1) is 29.0. The van der Waals surface area contributed by atoms with Gasteiger partial charge in [0.25, 0.3) is 0 Å². The van der Waals surface area contributed by atoms with Gasteiger partial charge < -0.3 is 9.80 Å². The summed E-state index contributed by atoms with van der Waals surface area (Å²) in [6.45, 7) is 9.42. The summed E-state index contributed by atoms with van der Waals surface area (Å²) in [6, 6.07) is 34.7. The van der Waals surface area contributed by atoms with E-state index >= 15 is 0 Å². The van der Waals surface area contributed by atoms with Crippen LogP contribution in [0.3, 0.4) is 0 Å². The van der Waals surface area contributed by atoms with Crippen molar-refractivity contribution in [3.63, 3.8) is 0 Å². The fraction of sp³-hybridized carbons (Fsp3) is 0.238. The first-order chi connectivity index (χ1) is 22.3. The first-order valence-corrected chi connectivity index (χ1v) is 17.5. The van der Waals surface area contributed by atoms with Gasteiger partial charge in [0.1, 0.15) is 0 Å². The smallest absolute Gasteiger partial charge is 0.0849 e. The number of hydrogen-bond donors (Lipinski definition) is 0. The predicted molar refractivity (Wildman–Crippen MR) is 192 cm³/mol.